The Bertz CT molecular complexity index is 1470. The number of nitrogens with zero attached hydrogens (tertiary/aromatic N) is 2. The van der Waals surface area contributed by atoms with Gasteiger partial charge < -0.3 is 9.47 Å². The molecule has 6 nitrogen and oxygen atoms in total. The third-order valence-electron chi connectivity index (χ3n) is 7.42. The Balaban J connectivity index is 1.35. The number of esters is 1. The molecule has 2 aliphatic heterocycles. The van der Waals surface area contributed by atoms with E-state index in [4.69, 9.17) is 9.47 Å². The minimum Gasteiger partial charge on any atom is -0.436 e. The Morgan fingerprint density at radius 2 is 1.68 bits per heavy atom. The first-order valence-corrected chi connectivity index (χ1v) is 13.2. The molecule has 0 unspecified atom stereocenters. The monoisotopic (exact) mass is 562 g/mol. The molecule has 0 atom stereocenters. The molecule has 41 heavy (non-hydrogen) atoms. The highest BCUT2D eigenvalue weighted by atomic mass is 19.4. The third kappa shape index (κ3) is 6.05. The molecule has 0 aliphatic carbocycles. The first-order chi connectivity index (χ1) is 19.6. The van der Waals surface area contributed by atoms with Gasteiger partial charge in [-0.25, -0.2) is 9.69 Å². The molecule has 2 saturated heterocycles. The lowest BCUT2D eigenvalue weighted by molar-refractivity contribution is -0.137. The molecule has 0 bridgehead atoms. The highest BCUT2D eigenvalue weighted by Gasteiger charge is 2.50. The molecule has 0 saturated carbocycles. The second kappa shape index (κ2) is 11.2. The molecule has 3 aromatic carbocycles. The van der Waals surface area contributed by atoms with E-state index in [0.29, 0.717) is 66.3 Å². The Morgan fingerprint density at radius 3 is 2.32 bits per heavy atom. The van der Waals surface area contributed by atoms with Crippen LogP contribution in [0, 0.1) is 0 Å². The SMILES string of the molecule is C=C1N(c2ccccc2)C(=O)OC12CCN(C/C=C(\c1ccc(OC(C)=O)cc1)c1cccc(C(F)(F)F)c1)CC2. The van der Waals surface area contributed by atoms with Crippen LogP contribution in [0.25, 0.3) is 5.57 Å². The van der Waals surface area contributed by atoms with Crippen LogP contribution in [0.15, 0.2) is 97.2 Å². The van der Waals surface area contributed by atoms with Gasteiger partial charge >= 0.3 is 18.2 Å². The van der Waals surface area contributed by atoms with Crippen LogP contribution < -0.4 is 9.64 Å². The molecule has 3 aromatic rings. The highest BCUT2D eigenvalue weighted by Crippen LogP contribution is 2.43. The number of piperidine rings is 1. The minimum atomic E-state index is -4.48. The first-order valence-electron chi connectivity index (χ1n) is 13.2. The number of amides is 1. The zero-order chi connectivity index (χ0) is 29.2. The summed E-state index contributed by atoms with van der Waals surface area (Å²) >= 11 is 0. The van der Waals surface area contributed by atoms with Crippen LogP contribution in [0.4, 0.5) is 23.7 Å². The van der Waals surface area contributed by atoms with Gasteiger partial charge in [-0.1, -0.05) is 55.1 Å². The number of hydrogen-bond acceptors (Lipinski definition) is 5. The third-order valence-corrected chi connectivity index (χ3v) is 7.42. The fraction of sp³-hybridized carbons (Fsp3) is 0.250. The number of alkyl halides is 3. The van der Waals surface area contributed by atoms with E-state index in [2.05, 4.69) is 11.5 Å². The molecule has 0 aromatic heterocycles. The molecular weight excluding hydrogens is 533 g/mol. The van der Waals surface area contributed by atoms with Crippen LogP contribution >= 0.6 is 0 Å². The predicted molar refractivity (Wildman–Crippen MR) is 149 cm³/mol. The lowest BCUT2D eigenvalue weighted by Gasteiger charge is -2.37. The summed E-state index contributed by atoms with van der Waals surface area (Å²) < 4.78 is 51.5. The number of benzene rings is 3. The lowest BCUT2D eigenvalue weighted by atomic mass is 9.88. The number of likely N-dealkylation sites (tertiary alicyclic amines) is 1. The van der Waals surface area contributed by atoms with Crippen molar-refractivity contribution in [2.75, 3.05) is 24.5 Å². The van der Waals surface area contributed by atoms with Crippen molar-refractivity contribution in [1.82, 2.24) is 4.90 Å². The van der Waals surface area contributed by atoms with Gasteiger partial charge in [0.05, 0.1) is 16.9 Å². The van der Waals surface area contributed by atoms with Crippen molar-refractivity contribution < 1.29 is 32.2 Å². The Kier molecular flexibility index (Phi) is 7.73. The number of hydrogen-bond donors (Lipinski definition) is 0. The second-order valence-corrected chi connectivity index (χ2v) is 10.1. The summed E-state index contributed by atoms with van der Waals surface area (Å²) in [4.78, 5) is 27.7. The number of para-hydroxylation sites is 1. The van der Waals surface area contributed by atoms with E-state index in [9.17, 15) is 22.8 Å². The van der Waals surface area contributed by atoms with Crippen LogP contribution in [0.3, 0.4) is 0 Å². The van der Waals surface area contributed by atoms with Crippen LogP contribution in [-0.4, -0.2) is 42.2 Å². The van der Waals surface area contributed by atoms with Crippen LogP contribution in [0.1, 0.15) is 36.5 Å². The standard InChI is InChI=1S/C32H29F3N2O4/c1-22-31(41-30(39)37(22)27-9-4-3-5-10-27)16-19-36(20-17-31)18-15-29(24-11-13-28(14-12-24)40-23(2)38)25-7-6-8-26(21-25)32(33,34)35/h3-15,21H,1,16-20H2,2H3/b29-15+. The molecule has 0 radical (unpaired) electrons. The molecule has 1 spiro atoms. The molecule has 5 rings (SSSR count). The summed E-state index contributed by atoms with van der Waals surface area (Å²) in [6, 6.07) is 21.1. The topological polar surface area (TPSA) is 59.1 Å². The Hall–Kier alpha value is -4.37. The van der Waals surface area contributed by atoms with Crippen molar-refractivity contribution in [2.24, 2.45) is 0 Å². The van der Waals surface area contributed by atoms with Crippen molar-refractivity contribution in [3.05, 3.63) is 114 Å². The van der Waals surface area contributed by atoms with Crippen molar-refractivity contribution in [3.8, 4) is 5.75 Å². The number of ether oxygens (including phenoxy) is 2. The summed E-state index contributed by atoms with van der Waals surface area (Å²) in [5.74, 6) is -0.112. The number of rotatable bonds is 6. The maximum atomic E-state index is 13.5. The summed E-state index contributed by atoms with van der Waals surface area (Å²) in [5.41, 5.74) is 1.52. The number of carbonyl (C=O) groups excluding carboxylic acids is 2. The van der Waals surface area contributed by atoms with Gasteiger partial charge in [0.15, 0.2) is 5.60 Å². The van der Waals surface area contributed by atoms with Gasteiger partial charge in [0, 0.05) is 39.4 Å². The normalized spacial score (nSPS) is 17.6. The van der Waals surface area contributed by atoms with Gasteiger partial charge in [0.25, 0.3) is 0 Å². The van der Waals surface area contributed by atoms with E-state index < -0.39 is 29.4 Å². The highest BCUT2D eigenvalue weighted by molar-refractivity contribution is 5.95. The first kappa shape index (κ1) is 28.2. The van der Waals surface area contributed by atoms with Gasteiger partial charge in [-0.2, -0.15) is 13.2 Å². The molecule has 2 aliphatic rings. The number of carbonyl (C=O) groups is 2. The predicted octanol–water partition coefficient (Wildman–Crippen LogP) is 7.07. The minimum absolute atomic E-state index is 0.349. The van der Waals surface area contributed by atoms with Crippen molar-refractivity contribution in [2.45, 2.75) is 31.5 Å². The van der Waals surface area contributed by atoms with Crippen LogP contribution in [0.5, 0.6) is 5.75 Å². The smallest absolute Gasteiger partial charge is 0.419 e. The molecule has 1 amide bonds. The van der Waals surface area contributed by atoms with Crippen LogP contribution in [0.2, 0.25) is 0 Å². The van der Waals surface area contributed by atoms with E-state index in [1.54, 1.807) is 30.3 Å². The van der Waals surface area contributed by atoms with Gasteiger partial charge in [0.2, 0.25) is 0 Å². The summed E-state index contributed by atoms with van der Waals surface area (Å²) in [7, 11) is 0. The van der Waals surface area contributed by atoms with E-state index in [0.717, 1.165) is 12.1 Å². The Labute approximate surface area is 236 Å². The Morgan fingerprint density at radius 1 is 1.00 bits per heavy atom. The molecule has 2 fully saturated rings. The van der Waals surface area contributed by atoms with Crippen molar-refractivity contribution >= 4 is 23.3 Å². The van der Waals surface area contributed by atoms with E-state index in [-0.39, 0.29) is 0 Å². The van der Waals surface area contributed by atoms with Gasteiger partial charge in [-0.15, -0.1) is 0 Å². The van der Waals surface area contributed by atoms with Gasteiger partial charge in [-0.3, -0.25) is 9.69 Å². The zero-order valence-corrected chi connectivity index (χ0v) is 22.5. The summed E-state index contributed by atoms with van der Waals surface area (Å²) in [5, 5.41) is 0. The maximum Gasteiger partial charge on any atom is 0.419 e. The average molecular weight is 563 g/mol. The summed E-state index contributed by atoms with van der Waals surface area (Å²) in [6.45, 7) is 7.17. The quantitative estimate of drug-likeness (QED) is 0.238. The van der Waals surface area contributed by atoms with Gasteiger partial charge in [-0.05, 0) is 53.1 Å². The molecule has 9 heteroatoms. The van der Waals surface area contributed by atoms with Crippen molar-refractivity contribution in [1.29, 1.82) is 0 Å². The second-order valence-electron chi connectivity index (χ2n) is 10.1. The lowest BCUT2D eigenvalue weighted by Crippen LogP contribution is -2.45. The summed E-state index contributed by atoms with van der Waals surface area (Å²) in [6.07, 6.45) is -1.93. The molecule has 212 valence electrons. The van der Waals surface area contributed by atoms with E-state index in [1.807, 2.05) is 36.4 Å². The number of halogens is 3. The van der Waals surface area contributed by atoms with E-state index in [1.165, 1.54) is 17.9 Å². The van der Waals surface area contributed by atoms with E-state index >= 15 is 0 Å². The molecule has 2 heterocycles. The maximum absolute atomic E-state index is 13.5. The van der Waals surface area contributed by atoms with Gasteiger partial charge in [0.1, 0.15) is 5.75 Å². The fourth-order valence-electron chi connectivity index (χ4n) is 5.27. The average Bonchev–Trinajstić information content (AvgIpc) is 3.19. The van der Waals surface area contributed by atoms with Crippen molar-refractivity contribution in [3.63, 3.8) is 0 Å². The fourth-order valence-corrected chi connectivity index (χ4v) is 5.27. The zero-order valence-electron chi connectivity index (χ0n) is 22.5. The molecular formula is C32H29F3N2O4. The largest absolute Gasteiger partial charge is 0.436 e. The van der Waals surface area contributed by atoms with Crippen LogP contribution in [-0.2, 0) is 15.7 Å². The number of anilines is 1. The molecule has 0 N–H and O–H groups in total.